The maximum atomic E-state index is 13.0. The largest absolute Gasteiger partial charge is 0.349 e. The Kier molecular flexibility index (Phi) is 3.76. The molecule has 2 rings (SSSR count). The summed E-state index contributed by atoms with van der Waals surface area (Å²) in [4.78, 5) is 7.20. The zero-order chi connectivity index (χ0) is 12.3. The number of halogens is 2. The third kappa shape index (κ3) is 2.84. The van der Waals surface area contributed by atoms with Crippen LogP contribution in [0.4, 0.5) is 4.39 Å². The molecule has 0 aliphatic heterocycles. The highest BCUT2D eigenvalue weighted by Crippen LogP contribution is 2.25. The molecule has 2 N–H and O–H groups in total. The van der Waals surface area contributed by atoms with E-state index < -0.39 is 0 Å². The summed E-state index contributed by atoms with van der Waals surface area (Å²) in [7, 11) is 1.84. The van der Waals surface area contributed by atoms with Gasteiger partial charge in [0.25, 0.3) is 0 Å². The van der Waals surface area contributed by atoms with E-state index in [1.807, 2.05) is 7.05 Å². The summed E-state index contributed by atoms with van der Waals surface area (Å²) in [6, 6.07) is 4.44. The maximum absolute atomic E-state index is 13.0. The Balaban J connectivity index is 2.23. The second kappa shape index (κ2) is 5.29. The lowest BCUT2D eigenvalue weighted by Crippen LogP contribution is -2.19. The summed E-state index contributed by atoms with van der Waals surface area (Å²) < 4.78 is 13.0. The smallest absolute Gasteiger partial charge is 0.124 e. The number of imidazole rings is 1. The van der Waals surface area contributed by atoms with Crippen molar-refractivity contribution in [2.75, 3.05) is 7.05 Å². The predicted molar refractivity (Wildman–Crippen MR) is 65.5 cm³/mol. The molecule has 1 aromatic carbocycles. The Morgan fingerprint density at radius 1 is 1.53 bits per heavy atom. The minimum atomic E-state index is -0.327. The fraction of sp³-hybridized carbons (Fsp3) is 0.250. The van der Waals surface area contributed by atoms with Crippen molar-refractivity contribution >= 4 is 11.6 Å². The van der Waals surface area contributed by atoms with Gasteiger partial charge in [-0.1, -0.05) is 17.7 Å². The highest BCUT2D eigenvalue weighted by Gasteiger charge is 2.15. The number of nitrogens with one attached hydrogen (secondary N) is 2. The Hall–Kier alpha value is -1.39. The van der Waals surface area contributed by atoms with Crippen LogP contribution in [0.5, 0.6) is 0 Å². The molecule has 90 valence electrons. The van der Waals surface area contributed by atoms with Gasteiger partial charge in [-0.3, -0.25) is 0 Å². The summed E-state index contributed by atoms with van der Waals surface area (Å²) in [5.41, 5.74) is 0.868. The molecule has 0 spiro atoms. The molecule has 0 aliphatic carbocycles. The summed E-state index contributed by atoms with van der Waals surface area (Å²) >= 11 is 6.03. The molecule has 0 amide bonds. The molecule has 17 heavy (non-hydrogen) atoms. The average Bonchev–Trinajstić information content (AvgIpc) is 2.79. The summed E-state index contributed by atoms with van der Waals surface area (Å²) in [6.45, 7) is 0. The van der Waals surface area contributed by atoms with E-state index in [-0.39, 0.29) is 11.9 Å². The molecule has 2 aromatic rings. The van der Waals surface area contributed by atoms with Gasteiger partial charge in [0.2, 0.25) is 0 Å². The van der Waals surface area contributed by atoms with Crippen LogP contribution in [-0.2, 0) is 6.42 Å². The minimum absolute atomic E-state index is 0.00856. The molecule has 0 saturated heterocycles. The van der Waals surface area contributed by atoms with Gasteiger partial charge in [-0.25, -0.2) is 9.37 Å². The highest BCUT2D eigenvalue weighted by molar-refractivity contribution is 6.31. The lowest BCUT2D eigenvalue weighted by atomic mass is 10.0. The normalized spacial score (nSPS) is 12.6. The molecule has 1 atom stereocenters. The van der Waals surface area contributed by atoms with Crippen LogP contribution in [0.1, 0.15) is 17.4 Å². The summed E-state index contributed by atoms with van der Waals surface area (Å²) in [6.07, 6.45) is 4.15. The Bertz CT molecular complexity index is 485. The number of hydrogen-bond acceptors (Lipinski definition) is 2. The first-order chi connectivity index (χ1) is 8.20. The Labute approximate surface area is 104 Å². The summed E-state index contributed by atoms with van der Waals surface area (Å²) in [5, 5.41) is 3.58. The number of aromatic nitrogens is 2. The Morgan fingerprint density at radius 3 is 2.94 bits per heavy atom. The van der Waals surface area contributed by atoms with Gasteiger partial charge in [0.1, 0.15) is 11.6 Å². The number of rotatable bonds is 4. The first-order valence-corrected chi connectivity index (χ1v) is 5.69. The molecular formula is C12H13ClFN3. The molecule has 0 radical (unpaired) electrons. The highest BCUT2D eigenvalue weighted by atomic mass is 35.5. The zero-order valence-corrected chi connectivity index (χ0v) is 10.1. The third-order valence-electron chi connectivity index (χ3n) is 2.64. The minimum Gasteiger partial charge on any atom is -0.349 e. The van der Waals surface area contributed by atoms with Gasteiger partial charge in [0, 0.05) is 29.9 Å². The molecule has 0 aliphatic rings. The van der Waals surface area contributed by atoms with Crippen molar-refractivity contribution in [3.05, 3.63) is 52.8 Å². The van der Waals surface area contributed by atoms with Crippen LogP contribution >= 0.6 is 11.6 Å². The zero-order valence-electron chi connectivity index (χ0n) is 9.37. The van der Waals surface area contributed by atoms with Gasteiger partial charge < -0.3 is 10.3 Å². The van der Waals surface area contributed by atoms with Gasteiger partial charge in [0.15, 0.2) is 0 Å². The monoisotopic (exact) mass is 253 g/mol. The van der Waals surface area contributed by atoms with Gasteiger partial charge in [-0.05, 0) is 24.7 Å². The Morgan fingerprint density at radius 2 is 2.35 bits per heavy atom. The van der Waals surface area contributed by atoms with Crippen LogP contribution in [0.25, 0.3) is 0 Å². The van der Waals surface area contributed by atoms with E-state index in [4.69, 9.17) is 11.6 Å². The van der Waals surface area contributed by atoms with E-state index in [1.165, 1.54) is 12.1 Å². The number of hydrogen-bond donors (Lipinski definition) is 2. The second-order valence-corrected chi connectivity index (χ2v) is 4.15. The third-order valence-corrected chi connectivity index (χ3v) is 2.97. The van der Waals surface area contributed by atoms with Crippen LogP contribution in [0.2, 0.25) is 5.02 Å². The van der Waals surface area contributed by atoms with Crippen molar-refractivity contribution in [2.45, 2.75) is 12.5 Å². The van der Waals surface area contributed by atoms with Crippen LogP contribution in [-0.4, -0.2) is 17.0 Å². The van der Waals surface area contributed by atoms with Crippen molar-refractivity contribution in [2.24, 2.45) is 0 Å². The SMILES string of the molecule is CNC(Cc1ncc[nH]1)c1ccc(F)cc1Cl. The maximum Gasteiger partial charge on any atom is 0.124 e. The molecular weight excluding hydrogens is 241 g/mol. The molecule has 0 saturated carbocycles. The van der Waals surface area contributed by atoms with Gasteiger partial charge in [-0.15, -0.1) is 0 Å². The molecule has 1 heterocycles. The van der Waals surface area contributed by atoms with Gasteiger partial charge in [0.05, 0.1) is 0 Å². The number of benzene rings is 1. The van der Waals surface area contributed by atoms with E-state index in [0.29, 0.717) is 11.4 Å². The number of aromatic amines is 1. The van der Waals surface area contributed by atoms with Gasteiger partial charge >= 0.3 is 0 Å². The number of nitrogens with zero attached hydrogens (tertiary/aromatic N) is 1. The predicted octanol–water partition coefficient (Wildman–Crippen LogP) is 2.71. The fourth-order valence-corrected chi connectivity index (χ4v) is 2.05. The average molecular weight is 254 g/mol. The molecule has 1 unspecified atom stereocenters. The van der Waals surface area contributed by atoms with E-state index in [9.17, 15) is 4.39 Å². The van der Waals surface area contributed by atoms with Crippen LogP contribution < -0.4 is 5.32 Å². The molecule has 0 fully saturated rings. The summed E-state index contributed by atoms with van der Waals surface area (Å²) in [5.74, 6) is 0.538. The number of H-pyrrole nitrogens is 1. The van der Waals surface area contributed by atoms with Crippen molar-refractivity contribution in [1.29, 1.82) is 0 Å². The lowest BCUT2D eigenvalue weighted by molar-refractivity contribution is 0.574. The van der Waals surface area contributed by atoms with Crippen molar-refractivity contribution in [1.82, 2.24) is 15.3 Å². The van der Waals surface area contributed by atoms with Crippen LogP contribution in [0.15, 0.2) is 30.6 Å². The van der Waals surface area contributed by atoms with E-state index in [1.54, 1.807) is 18.5 Å². The number of likely N-dealkylation sites (N-methyl/N-ethyl adjacent to an activating group) is 1. The molecule has 5 heteroatoms. The quantitative estimate of drug-likeness (QED) is 0.880. The molecule has 1 aromatic heterocycles. The van der Waals surface area contributed by atoms with Gasteiger partial charge in [-0.2, -0.15) is 0 Å². The van der Waals surface area contributed by atoms with Crippen molar-refractivity contribution in [3.63, 3.8) is 0 Å². The van der Waals surface area contributed by atoms with E-state index in [0.717, 1.165) is 11.4 Å². The molecule has 3 nitrogen and oxygen atoms in total. The standard InChI is InChI=1S/C12H13ClFN3/c1-15-11(7-12-16-4-5-17-12)9-3-2-8(14)6-10(9)13/h2-6,11,15H,7H2,1H3,(H,16,17). The van der Waals surface area contributed by atoms with Crippen molar-refractivity contribution in [3.8, 4) is 0 Å². The second-order valence-electron chi connectivity index (χ2n) is 3.75. The fourth-order valence-electron chi connectivity index (χ4n) is 1.75. The molecule has 0 bridgehead atoms. The first kappa shape index (κ1) is 12.1. The van der Waals surface area contributed by atoms with Crippen LogP contribution in [0, 0.1) is 5.82 Å². The van der Waals surface area contributed by atoms with Crippen molar-refractivity contribution < 1.29 is 4.39 Å². The van der Waals surface area contributed by atoms with Crippen LogP contribution in [0.3, 0.4) is 0 Å². The topological polar surface area (TPSA) is 40.7 Å². The first-order valence-electron chi connectivity index (χ1n) is 5.31. The lowest BCUT2D eigenvalue weighted by Gasteiger charge is -2.16. The van der Waals surface area contributed by atoms with E-state index in [2.05, 4.69) is 15.3 Å². The van der Waals surface area contributed by atoms with E-state index >= 15 is 0 Å².